The van der Waals surface area contributed by atoms with Crippen molar-refractivity contribution in [2.24, 2.45) is 5.92 Å². The molecule has 0 unspecified atom stereocenters. The van der Waals surface area contributed by atoms with Crippen LogP contribution >= 0.6 is 0 Å². The van der Waals surface area contributed by atoms with Crippen molar-refractivity contribution in [3.63, 3.8) is 0 Å². The Morgan fingerprint density at radius 2 is 1.67 bits per heavy atom. The number of hydrogen-bond donors (Lipinski definition) is 2. The molecule has 5 nitrogen and oxygen atoms in total. The maximum absolute atomic E-state index is 10.1. The normalized spacial score (nSPS) is 9.47. The van der Waals surface area contributed by atoms with Crippen LogP contribution in [-0.2, 0) is 14.3 Å². The lowest BCUT2D eigenvalue weighted by molar-refractivity contribution is -0.141. The van der Waals surface area contributed by atoms with Gasteiger partial charge in [-0.05, 0) is 5.92 Å². The molecule has 5 heteroatoms. The molecule has 0 spiro atoms. The van der Waals surface area contributed by atoms with Gasteiger partial charge in [-0.1, -0.05) is 13.8 Å². The van der Waals surface area contributed by atoms with E-state index in [4.69, 9.17) is 10.2 Å². The van der Waals surface area contributed by atoms with Gasteiger partial charge in [0.1, 0.15) is 0 Å². The van der Waals surface area contributed by atoms with Crippen LogP contribution in [0.1, 0.15) is 20.8 Å². The van der Waals surface area contributed by atoms with E-state index in [0.29, 0.717) is 25.7 Å². The summed E-state index contributed by atoms with van der Waals surface area (Å²) in [6.07, 6.45) is 0. The molecule has 0 saturated carbocycles. The Labute approximate surface area is 91.0 Å². The highest BCUT2D eigenvalue weighted by molar-refractivity contribution is 5.65. The molecule has 0 atom stereocenters. The van der Waals surface area contributed by atoms with E-state index < -0.39 is 0 Å². The van der Waals surface area contributed by atoms with Gasteiger partial charge in [-0.25, -0.2) is 0 Å². The van der Waals surface area contributed by atoms with Gasteiger partial charge < -0.3 is 19.7 Å². The third-order valence-electron chi connectivity index (χ3n) is 1.09. The Morgan fingerprint density at radius 3 is 1.87 bits per heavy atom. The number of aliphatic hydroxyl groups is 2. The van der Waals surface area contributed by atoms with Crippen molar-refractivity contribution in [2.75, 3.05) is 33.0 Å². The molecule has 0 aliphatic carbocycles. The fourth-order valence-corrected chi connectivity index (χ4v) is 0.515. The van der Waals surface area contributed by atoms with Crippen molar-refractivity contribution in [1.29, 1.82) is 0 Å². The molecule has 92 valence electrons. The van der Waals surface area contributed by atoms with Crippen LogP contribution in [0, 0.1) is 5.92 Å². The molecule has 0 aliphatic heterocycles. The maximum atomic E-state index is 10.1. The minimum absolute atomic E-state index is 0.0278. The summed E-state index contributed by atoms with van der Waals surface area (Å²) in [4.78, 5) is 10.1. The Kier molecular flexibility index (Phi) is 14.9. The van der Waals surface area contributed by atoms with Crippen LogP contribution in [0.5, 0.6) is 0 Å². The molecule has 0 fully saturated rings. The lowest BCUT2D eigenvalue weighted by Gasteiger charge is -2.02. The van der Waals surface area contributed by atoms with Crippen LogP contribution < -0.4 is 0 Å². The highest BCUT2D eigenvalue weighted by atomic mass is 16.5. The number of aliphatic hydroxyl groups excluding tert-OH is 2. The molecular formula is C10H22O5. The molecule has 0 rings (SSSR count). The zero-order valence-corrected chi connectivity index (χ0v) is 9.73. The van der Waals surface area contributed by atoms with E-state index in [-0.39, 0.29) is 19.2 Å². The highest BCUT2D eigenvalue weighted by Crippen LogP contribution is 1.91. The fourth-order valence-electron chi connectivity index (χ4n) is 0.515. The standard InChI is InChI=1S/C6H12O2.C4H10O3/c1-5(2)4-8-6(3)7;5-1-3-7-4-2-6/h5H,4H2,1-3H3;5-6H,1-4H2. The predicted molar refractivity (Wildman–Crippen MR) is 56.5 cm³/mol. The summed E-state index contributed by atoms with van der Waals surface area (Å²) < 4.78 is 9.30. The van der Waals surface area contributed by atoms with Gasteiger partial charge in [-0.3, -0.25) is 4.79 Å². The number of carbonyl (C=O) groups is 1. The minimum atomic E-state index is -0.196. The van der Waals surface area contributed by atoms with Crippen molar-refractivity contribution in [1.82, 2.24) is 0 Å². The second-order valence-electron chi connectivity index (χ2n) is 3.26. The van der Waals surface area contributed by atoms with E-state index in [2.05, 4.69) is 9.47 Å². The Hall–Kier alpha value is -0.650. The summed E-state index contributed by atoms with van der Waals surface area (Å²) in [5.74, 6) is 0.248. The summed E-state index contributed by atoms with van der Waals surface area (Å²) in [5.41, 5.74) is 0. The van der Waals surface area contributed by atoms with Crippen LogP contribution in [0.2, 0.25) is 0 Å². The van der Waals surface area contributed by atoms with Gasteiger partial charge in [0.05, 0.1) is 33.0 Å². The SMILES string of the molecule is CC(=O)OCC(C)C.OCCOCCO. The third-order valence-corrected chi connectivity index (χ3v) is 1.09. The Morgan fingerprint density at radius 1 is 1.20 bits per heavy atom. The summed E-state index contributed by atoms with van der Waals surface area (Å²) >= 11 is 0. The first kappa shape index (κ1) is 16.8. The molecule has 0 aliphatic rings. The first-order valence-electron chi connectivity index (χ1n) is 4.97. The van der Waals surface area contributed by atoms with Crippen LogP contribution in [0.3, 0.4) is 0 Å². The van der Waals surface area contributed by atoms with Crippen molar-refractivity contribution >= 4 is 5.97 Å². The molecule has 0 saturated heterocycles. The number of hydrogen-bond acceptors (Lipinski definition) is 5. The summed E-state index contributed by atoms with van der Waals surface area (Å²) in [5, 5.41) is 16.2. The average Bonchev–Trinajstić information content (AvgIpc) is 2.17. The first-order chi connectivity index (χ1) is 7.04. The monoisotopic (exact) mass is 222 g/mol. The largest absolute Gasteiger partial charge is 0.466 e. The third kappa shape index (κ3) is 24.7. The Balaban J connectivity index is 0. The zero-order chi connectivity index (χ0) is 12.1. The van der Waals surface area contributed by atoms with Gasteiger partial charge >= 0.3 is 5.97 Å². The predicted octanol–water partition coefficient (Wildman–Crippen LogP) is 0.193. The molecule has 0 bridgehead atoms. The van der Waals surface area contributed by atoms with Gasteiger partial charge in [0.15, 0.2) is 0 Å². The van der Waals surface area contributed by atoms with E-state index in [1.165, 1.54) is 6.92 Å². The van der Waals surface area contributed by atoms with E-state index in [1.807, 2.05) is 13.8 Å². The van der Waals surface area contributed by atoms with E-state index in [0.717, 1.165) is 0 Å². The first-order valence-corrected chi connectivity index (χ1v) is 4.97. The molecule has 15 heavy (non-hydrogen) atoms. The van der Waals surface area contributed by atoms with Gasteiger partial charge in [0.25, 0.3) is 0 Å². The number of ether oxygens (including phenoxy) is 2. The van der Waals surface area contributed by atoms with Gasteiger partial charge in [-0.2, -0.15) is 0 Å². The fraction of sp³-hybridized carbons (Fsp3) is 0.900. The zero-order valence-electron chi connectivity index (χ0n) is 9.73. The Bertz CT molecular complexity index is 132. The number of carbonyl (C=O) groups excluding carboxylic acids is 1. The van der Waals surface area contributed by atoms with Crippen LogP contribution in [0.4, 0.5) is 0 Å². The van der Waals surface area contributed by atoms with E-state index in [9.17, 15) is 4.79 Å². The summed E-state index contributed by atoms with van der Waals surface area (Å²) in [7, 11) is 0. The molecule has 0 amide bonds. The van der Waals surface area contributed by atoms with E-state index in [1.54, 1.807) is 0 Å². The van der Waals surface area contributed by atoms with E-state index >= 15 is 0 Å². The van der Waals surface area contributed by atoms with Crippen LogP contribution in [0.15, 0.2) is 0 Å². The number of rotatable bonds is 6. The molecule has 0 aromatic rings. The van der Waals surface area contributed by atoms with Crippen LogP contribution in [0.25, 0.3) is 0 Å². The lowest BCUT2D eigenvalue weighted by Crippen LogP contribution is -2.05. The molecule has 0 heterocycles. The second kappa shape index (κ2) is 13.4. The van der Waals surface area contributed by atoms with Crippen LogP contribution in [-0.4, -0.2) is 49.2 Å². The minimum Gasteiger partial charge on any atom is -0.466 e. The average molecular weight is 222 g/mol. The highest BCUT2D eigenvalue weighted by Gasteiger charge is 1.94. The smallest absolute Gasteiger partial charge is 0.302 e. The van der Waals surface area contributed by atoms with Gasteiger partial charge in [-0.15, -0.1) is 0 Å². The summed E-state index contributed by atoms with van der Waals surface area (Å²) in [6.45, 7) is 6.66. The topological polar surface area (TPSA) is 76.0 Å². The number of esters is 1. The van der Waals surface area contributed by atoms with Crippen molar-refractivity contribution in [3.05, 3.63) is 0 Å². The van der Waals surface area contributed by atoms with Crippen molar-refractivity contribution < 1.29 is 24.5 Å². The second-order valence-corrected chi connectivity index (χ2v) is 3.26. The summed E-state index contributed by atoms with van der Waals surface area (Å²) in [6, 6.07) is 0. The maximum Gasteiger partial charge on any atom is 0.302 e. The van der Waals surface area contributed by atoms with Gasteiger partial charge in [0.2, 0.25) is 0 Å². The lowest BCUT2D eigenvalue weighted by atomic mass is 10.2. The van der Waals surface area contributed by atoms with Crippen molar-refractivity contribution in [3.8, 4) is 0 Å². The van der Waals surface area contributed by atoms with Gasteiger partial charge in [0, 0.05) is 6.92 Å². The molecular weight excluding hydrogens is 200 g/mol. The molecule has 0 aromatic heterocycles. The molecule has 0 radical (unpaired) electrons. The molecule has 2 N–H and O–H groups in total. The van der Waals surface area contributed by atoms with Crippen molar-refractivity contribution in [2.45, 2.75) is 20.8 Å². The quantitative estimate of drug-likeness (QED) is 0.495. The molecule has 0 aromatic carbocycles.